The van der Waals surface area contributed by atoms with E-state index in [0.29, 0.717) is 17.9 Å². The normalized spacial score (nSPS) is 10.2. The van der Waals surface area contributed by atoms with Gasteiger partial charge in [-0.1, -0.05) is 10.7 Å². The average molecular weight is 233 g/mol. The van der Waals surface area contributed by atoms with Gasteiger partial charge in [0.2, 0.25) is 5.78 Å². The van der Waals surface area contributed by atoms with E-state index in [0.717, 1.165) is 6.21 Å². The van der Waals surface area contributed by atoms with Crippen molar-refractivity contribution in [3.63, 3.8) is 0 Å². The Morgan fingerprint density at radius 3 is 2.53 bits per heavy atom. The minimum atomic E-state index is -0.344. The summed E-state index contributed by atoms with van der Waals surface area (Å²) in [4.78, 5) is 11.3. The zero-order valence-electron chi connectivity index (χ0n) is 9.88. The van der Waals surface area contributed by atoms with Gasteiger partial charge in [-0.25, -0.2) is 0 Å². The molecule has 0 saturated carbocycles. The highest BCUT2D eigenvalue weighted by molar-refractivity contribution is 6.35. The first kappa shape index (κ1) is 13.0. The van der Waals surface area contributed by atoms with E-state index in [1.54, 1.807) is 24.3 Å². The van der Waals surface area contributed by atoms with Crippen molar-refractivity contribution < 1.29 is 14.7 Å². The van der Waals surface area contributed by atoms with E-state index in [-0.39, 0.29) is 5.78 Å². The van der Waals surface area contributed by atoms with Crippen molar-refractivity contribution in [3.05, 3.63) is 41.5 Å². The predicted molar refractivity (Wildman–Crippen MR) is 66.0 cm³/mol. The Balaban J connectivity index is 2.62. The molecule has 4 heteroatoms. The van der Waals surface area contributed by atoms with E-state index < -0.39 is 0 Å². The van der Waals surface area contributed by atoms with E-state index in [1.807, 2.05) is 19.9 Å². The summed E-state index contributed by atoms with van der Waals surface area (Å²) >= 11 is 0. The molecule has 1 aromatic rings. The van der Waals surface area contributed by atoms with Crippen molar-refractivity contribution in [3.8, 4) is 5.75 Å². The smallest absolute Gasteiger partial charge is 0.207 e. The maximum absolute atomic E-state index is 11.3. The molecule has 0 aliphatic carbocycles. The highest BCUT2D eigenvalue weighted by Gasteiger charge is 2.02. The number of benzene rings is 1. The molecular weight excluding hydrogens is 218 g/mol. The lowest BCUT2D eigenvalue weighted by atomic mass is 10.1. The zero-order valence-corrected chi connectivity index (χ0v) is 9.88. The third-order valence-corrected chi connectivity index (χ3v) is 2.06. The molecular formula is C13H15NO3. The summed E-state index contributed by atoms with van der Waals surface area (Å²) in [6, 6.07) is 6.66. The minimum absolute atomic E-state index is 0.344. The van der Waals surface area contributed by atoms with E-state index >= 15 is 0 Å². The maximum atomic E-state index is 11.3. The fourth-order valence-electron chi connectivity index (χ4n) is 1.15. The topological polar surface area (TPSA) is 58.9 Å². The lowest BCUT2D eigenvalue weighted by Gasteiger charge is -2.03. The average Bonchev–Trinajstić information content (AvgIpc) is 2.30. The molecule has 0 bridgehead atoms. The first-order chi connectivity index (χ1) is 8.13. The van der Waals surface area contributed by atoms with E-state index in [4.69, 9.17) is 9.94 Å². The minimum Gasteiger partial charge on any atom is -0.490 e. The monoisotopic (exact) mass is 233 g/mol. The Hall–Kier alpha value is -2.10. The number of ether oxygens (including phenoxy) is 1. The summed E-state index contributed by atoms with van der Waals surface area (Å²) in [5, 5.41) is 10.9. The summed E-state index contributed by atoms with van der Waals surface area (Å²) in [6.45, 7) is 4.51. The van der Waals surface area contributed by atoms with Crippen LogP contribution in [0.15, 0.2) is 41.1 Å². The summed E-state index contributed by atoms with van der Waals surface area (Å²) in [7, 11) is 0. The van der Waals surface area contributed by atoms with Gasteiger partial charge in [0.25, 0.3) is 0 Å². The van der Waals surface area contributed by atoms with Crippen molar-refractivity contribution in [1.29, 1.82) is 0 Å². The number of ketones is 1. The third-order valence-electron chi connectivity index (χ3n) is 2.06. The third kappa shape index (κ3) is 4.51. The summed E-state index contributed by atoms with van der Waals surface area (Å²) in [6.07, 6.45) is 2.83. The Bertz CT molecular complexity index is 428. The lowest BCUT2D eigenvalue weighted by molar-refractivity contribution is 0.106. The van der Waals surface area contributed by atoms with Crippen molar-refractivity contribution in [2.75, 3.05) is 6.61 Å². The van der Waals surface area contributed by atoms with Crippen LogP contribution in [-0.4, -0.2) is 23.8 Å². The lowest BCUT2D eigenvalue weighted by Crippen LogP contribution is -2.00. The molecule has 0 unspecified atom stereocenters. The van der Waals surface area contributed by atoms with Gasteiger partial charge >= 0.3 is 0 Å². The number of carbonyl (C=O) groups excluding carboxylic acids is 1. The Kier molecular flexibility index (Phi) is 4.94. The molecule has 0 aliphatic heterocycles. The van der Waals surface area contributed by atoms with Gasteiger partial charge in [0.05, 0.1) is 0 Å². The maximum Gasteiger partial charge on any atom is 0.207 e. The fourth-order valence-corrected chi connectivity index (χ4v) is 1.15. The molecule has 0 radical (unpaired) electrons. The standard InChI is InChI=1S/C13H15NO3/c1-10(2)7-8-17-12-5-3-11(4-6-12)13(15)9-14-16/h3-7,9,16H,8H2,1-2H3/b14-9+. The van der Waals surface area contributed by atoms with Gasteiger partial charge in [0.1, 0.15) is 18.6 Å². The second kappa shape index (κ2) is 6.48. The van der Waals surface area contributed by atoms with E-state index in [2.05, 4.69) is 5.16 Å². The Labute approximate surface area is 100 Å². The molecule has 1 rings (SSSR count). The van der Waals surface area contributed by atoms with Gasteiger partial charge in [-0.15, -0.1) is 0 Å². The molecule has 0 aromatic heterocycles. The zero-order chi connectivity index (χ0) is 12.7. The molecule has 0 amide bonds. The highest BCUT2D eigenvalue weighted by atomic mass is 16.5. The number of rotatable bonds is 5. The Morgan fingerprint density at radius 2 is 2.00 bits per heavy atom. The second-order valence-electron chi connectivity index (χ2n) is 3.73. The van der Waals surface area contributed by atoms with Crippen LogP contribution in [0.5, 0.6) is 5.75 Å². The predicted octanol–water partition coefficient (Wildman–Crippen LogP) is 2.67. The van der Waals surface area contributed by atoms with Crippen molar-refractivity contribution in [2.45, 2.75) is 13.8 Å². The van der Waals surface area contributed by atoms with Gasteiger partial charge in [-0.2, -0.15) is 0 Å². The van der Waals surface area contributed by atoms with Crippen molar-refractivity contribution >= 4 is 12.0 Å². The van der Waals surface area contributed by atoms with Gasteiger partial charge in [-0.3, -0.25) is 4.79 Å². The number of carbonyl (C=O) groups is 1. The van der Waals surface area contributed by atoms with E-state index in [1.165, 1.54) is 5.57 Å². The number of hydrogen-bond acceptors (Lipinski definition) is 4. The van der Waals surface area contributed by atoms with Gasteiger partial charge in [0.15, 0.2) is 0 Å². The largest absolute Gasteiger partial charge is 0.490 e. The molecule has 1 N–H and O–H groups in total. The van der Waals surface area contributed by atoms with Gasteiger partial charge in [-0.05, 0) is 44.2 Å². The number of allylic oxidation sites excluding steroid dienone is 1. The second-order valence-corrected chi connectivity index (χ2v) is 3.73. The van der Waals surface area contributed by atoms with Crippen LogP contribution in [0.3, 0.4) is 0 Å². The van der Waals surface area contributed by atoms with Crippen LogP contribution in [0, 0.1) is 0 Å². The van der Waals surface area contributed by atoms with Crippen LogP contribution in [0.4, 0.5) is 0 Å². The molecule has 0 aliphatic rings. The van der Waals surface area contributed by atoms with Crippen LogP contribution in [0.2, 0.25) is 0 Å². The van der Waals surface area contributed by atoms with Gasteiger partial charge in [0, 0.05) is 5.56 Å². The molecule has 90 valence electrons. The fraction of sp³-hybridized carbons (Fsp3) is 0.231. The molecule has 0 fully saturated rings. The number of nitrogens with zero attached hydrogens (tertiary/aromatic N) is 1. The van der Waals surface area contributed by atoms with Crippen LogP contribution in [0.25, 0.3) is 0 Å². The molecule has 1 aromatic carbocycles. The van der Waals surface area contributed by atoms with E-state index in [9.17, 15) is 4.79 Å². The first-order valence-corrected chi connectivity index (χ1v) is 5.21. The van der Waals surface area contributed by atoms with Crippen molar-refractivity contribution in [2.24, 2.45) is 5.16 Å². The van der Waals surface area contributed by atoms with Crippen LogP contribution in [-0.2, 0) is 0 Å². The molecule has 0 spiro atoms. The van der Waals surface area contributed by atoms with Crippen LogP contribution < -0.4 is 4.74 Å². The molecule has 0 atom stereocenters. The molecule has 0 saturated heterocycles. The SMILES string of the molecule is CC(C)=CCOc1ccc(C(=O)/C=N/O)cc1. The summed E-state index contributed by atoms with van der Waals surface area (Å²) in [5.41, 5.74) is 1.65. The quantitative estimate of drug-likeness (QED) is 0.279. The molecule has 0 heterocycles. The molecule has 17 heavy (non-hydrogen) atoms. The number of Topliss-reactive ketones (excluding diaryl/α,β-unsaturated/α-hetero) is 1. The van der Waals surface area contributed by atoms with Crippen LogP contribution in [0.1, 0.15) is 24.2 Å². The summed E-state index contributed by atoms with van der Waals surface area (Å²) in [5.74, 6) is 0.350. The van der Waals surface area contributed by atoms with Crippen molar-refractivity contribution in [1.82, 2.24) is 0 Å². The van der Waals surface area contributed by atoms with Crippen LogP contribution >= 0.6 is 0 Å². The van der Waals surface area contributed by atoms with Gasteiger partial charge < -0.3 is 9.94 Å². The first-order valence-electron chi connectivity index (χ1n) is 5.21. The Morgan fingerprint density at radius 1 is 1.35 bits per heavy atom. The molecule has 4 nitrogen and oxygen atoms in total. The number of oxime groups is 1. The highest BCUT2D eigenvalue weighted by Crippen LogP contribution is 2.12. The number of hydrogen-bond donors (Lipinski definition) is 1. The summed E-state index contributed by atoms with van der Waals surface area (Å²) < 4.78 is 5.44.